The molecule has 0 fully saturated rings. The normalized spacial score (nSPS) is 14.2. The van der Waals surface area contributed by atoms with Crippen LogP contribution in [0.1, 0.15) is 27.2 Å². The van der Waals surface area contributed by atoms with Crippen molar-refractivity contribution in [2.24, 2.45) is 0 Å². The third kappa shape index (κ3) is 5.85. The van der Waals surface area contributed by atoms with Crippen LogP contribution < -0.4 is 5.32 Å². The van der Waals surface area contributed by atoms with Gasteiger partial charge in [0.15, 0.2) is 0 Å². The highest BCUT2D eigenvalue weighted by molar-refractivity contribution is 5.46. The summed E-state index contributed by atoms with van der Waals surface area (Å²) in [5, 5.41) is 2.52. The van der Waals surface area contributed by atoms with E-state index in [1.165, 1.54) is 0 Å². The van der Waals surface area contributed by atoms with Gasteiger partial charge in [-0.3, -0.25) is 4.79 Å². The Labute approximate surface area is 68.1 Å². The number of hydrogen-bond donors (Lipinski definition) is 1. The minimum absolute atomic E-state index is 0.238. The minimum atomic E-state index is -0.271. The second-order valence-electron chi connectivity index (χ2n) is 3.29. The Morgan fingerprint density at radius 3 is 2.45 bits per heavy atom. The molecule has 0 saturated heterocycles. The van der Waals surface area contributed by atoms with Gasteiger partial charge in [0.2, 0.25) is 6.41 Å². The molecule has 0 aromatic rings. The van der Waals surface area contributed by atoms with Gasteiger partial charge < -0.3 is 10.1 Å². The molecule has 1 amide bonds. The van der Waals surface area contributed by atoms with Gasteiger partial charge in [-0.1, -0.05) is 0 Å². The van der Waals surface area contributed by atoms with Gasteiger partial charge in [-0.2, -0.15) is 0 Å². The summed E-state index contributed by atoms with van der Waals surface area (Å²) in [5.41, 5.74) is -0.238. The van der Waals surface area contributed by atoms with Gasteiger partial charge in [0.05, 0.1) is 5.60 Å². The first-order valence-corrected chi connectivity index (χ1v) is 3.66. The van der Waals surface area contributed by atoms with Crippen LogP contribution in [-0.4, -0.2) is 18.2 Å². The van der Waals surface area contributed by atoms with Gasteiger partial charge in [-0.05, 0) is 34.1 Å². The number of ether oxygens (including phenoxy) is 1. The second kappa shape index (κ2) is 4.34. The third-order valence-electron chi connectivity index (χ3n) is 1.01. The quantitative estimate of drug-likeness (QED) is 0.491. The van der Waals surface area contributed by atoms with E-state index in [4.69, 9.17) is 4.74 Å². The van der Waals surface area contributed by atoms with Crippen molar-refractivity contribution in [2.75, 3.05) is 0 Å². The molecule has 0 saturated carbocycles. The summed E-state index contributed by atoms with van der Waals surface area (Å²) in [6.45, 7) is 9.44. The Morgan fingerprint density at radius 1 is 1.64 bits per heavy atom. The maximum atomic E-state index is 10.0. The maximum absolute atomic E-state index is 10.0. The second-order valence-corrected chi connectivity index (χ2v) is 3.29. The Morgan fingerprint density at radius 2 is 2.18 bits per heavy atom. The largest absolute Gasteiger partial charge is 0.353 e. The van der Waals surface area contributed by atoms with Gasteiger partial charge in [0, 0.05) is 0 Å². The maximum Gasteiger partial charge on any atom is 0.209 e. The molecule has 11 heavy (non-hydrogen) atoms. The monoisotopic (exact) mass is 158 g/mol. The molecule has 1 radical (unpaired) electrons. The fourth-order valence-corrected chi connectivity index (χ4v) is 0.679. The lowest BCUT2D eigenvalue weighted by atomic mass is 10.2. The number of amides is 1. The zero-order valence-electron chi connectivity index (χ0n) is 7.39. The number of hydrogen-bond acceptors (Lipinski definition) is 2. The Kier molecular flexibility index (Phi) is 4.11. The lowest BCUT2D eigenvalue weighted by Gasteiger charge is -2.25. The first-order chi connectivity index (χ1) is 4.99. The Bertz CT molecular complexity index is 118. The molecule has 1 unspecified atom stereocenters. The summed E-state index contributed by atoms with van der Waals surface area (Å²) in [6, 6.07) is 0. The van der Waals surface area contributed by atoms with Crippen LogP contribution in [0.4, 0.5) is 0 Å². The SMILES string of the molecule is [CH2]CC(NC=O)OC(C)(C)C. The molecule has 0 spiro atoms. The van der Waals surface area contributed by atoms with Crippen molar-refractivity contribution in [3.8, 4) is 0 Å². The summed E-state index contributed by atoms with van der Waals surface area (Å²) in [4.78, 5) is 10.0. The van der Waals surface area contributed by atoms with Crippen LogP contribution in [-0.2, 0) is 9.53 Å². The smallest absolute Gasteiger partial charge is 0.209 e. The van der Waals surface area contributed by atoms with E-state index >= 15 is 0 Å². The molecule has 1 N–H and O–H groups in total. The van der Waals surface area contributed by atoms with Crippen molar-refractivity contribution in [3.63, 3.8) is 0 Å². The molecule has 3 nitrogen and oxygen atoms in total. The van der Waals surface area contributed by atoms with Crippen molar-refractivity contribution in [2.45, 2.75) is 39.0 Å². The van der Waals surface area contributed by atoms with E-state index in [0.717, 1.165) is 0 Å². The molecule has 1 atom stereocenters. The molecule has 0 aliphatic rings. The van der Waals surface area contributed by atoms with Gasteiger partial charge >= 0.3 is 0 Å². The van der Waals surface area contributed by atoms with Crippen LogP contribution in [0, 0.1) is 6.92 Å². The molecule has 0 aliphatic heterocycles. The number of rotatable bonds is 4. The fourth-order valence-electron chi connectivity index (χ4n) is 0.679. The highest BCUT2D eigenvalue weighted by atomic mass is 16.5. The zero-order chi connectivity index (χ0) is 8.91. The van der Waals surface area contributed by atoms with E-state index in [9.17, 15) is 4.79 Å². The van der Waals surface area contributed by atoms with Crippen LogP contribution in [0.3, 0.4) is 0 Å². The van der Waals surface area contributed by atoms with Crippen LogP contribution in [0.15, 0.2) is 0 Å². The highest BCUT2D eigenvalue weighted by Gasteiger charge is 2.15. The average Bonchev–Trinajstić information content (AvgIpc) is 1.84. The molecule has 0 bridgehead atoms. The topological polar surface area (TPSA) is 38.3 Å². The molecule has 3 heteroatoms. The highest BCUT2D eigenvalue weighted by Crippen LogP contribution is 2.10. The van der Waals surface area contributed by atoms with Gasteiger partial charge in [-0.15, -0.1) is 0 Å². The molecular weight excluding hydrogens is 142 g/mol. The molecule has 0 rings (SSSR count). The summed E-state index contributed by atoms with van der Waals surface area (Å²) < 4.78 is 5.42. The Balaban J connectivity index is 3.77. The summed E-state index contributed by atoms with van der Waals surface area (Å²) in [7, 11) is 0. The molecule has 65 valence electrons. The first-order valence-electron chi connectivity index (χ1n) is 3.66. The van der Waals surface area contributed by atoms with Crippen LogP contribution in [0.5, 0.6) is 0 Å². The number of carbonyl (C=O) groups excluding carboxylic acids is 1. The zero-order valence-corrected chi connectivity index (χ0v) is 7.39. The number of carbonyl (C=O) groups is 1. The predicted octanol–water partition coefficient (Wildman–Crippen LogP) is 1.10. The minimum Gasteiger partial charge on any atom is -0.353 e. The fraction of sp³-hybridized carbons (Fsp3) is 0.750. The predicted molar refractivity (Wildman–Crippen MR) is 43.8 cm³/mol. The first kappa shape index (κ1) is 10.4. The van der Waals surface area contributed by atoms with Crippen molar-refractivity contribution in [1.29, 1.82) is 0 Å². The molecule has 0 heterocycles. The van der Waals surface area contributed by atoms with E-state index in [1.54, 1.807) is 0 Å². The lowest BCUT2D eigenvalue weighted by Crippen LogP contribution is -2.36. The van der Waals surface area contributed by atoms with Crippen LogP contribution >= 0.6 is 0 Å². The number of nitrogens with one attached hydrogen (secondary N) is 1. The van der Waals surface area contributed by atoms with E-state index < -0.39 is 0 Å². The average molecular weight is 158 g/mol. The van der Waals surface area contributed by atoms with E-state index in [1.807, 2.05) is 20.8 Å². The molecular formula is C8H16NO2. The lowest BCUT2D eigenvalue weighted by molar-refractivity contribution is -0.119. The summed E-state index contributed by atoms with van der Waals surface area (Å²) in [5.74, 6) is 0. The third-order valence-corrected chi connectivity index (χ3v) is 1.01. The van der Waals surface area contributed by atoms with Crippen LogP contribution in [0.25, 0.3) is 0 Å². The van der Waals surface area contributed by atoms with E-state index in [-0.39, 0.29) is 11.8 Å². The van der Waals surface area contributed by atoms with Gasteiger partial charge in [0.1, 0.15) is 6.23 Å². The van der Waals surface area contributed by atoms with Gasteiger partial charge in [-0.25, -0.2) is 0 Å². The van der Waals surface area contributed by atoms with E-state index in [2.05, 4.69) is 12.2 Å². The van der Waals surface area contributed by atoms with Gasteiger partial charge in [0.25, 0.3) is 0 Å². The summed E-state index contributed by atoms with van der Waals surface area (Å²) >= 11 is 0. The van der Waals surface area contributed by atoms with Crippen molar-refractivity contribution >= 4 is 6.41 Å². The van der Waals surface area contributed by atoms with Crippen molar-refractivity contribution in [3.05, 3.63) is 6.92 Å². The molecule has 0 aromatic carbocycles. The standard InChI is InChI=1S/C8H16NO2/c1-5-7(9-6-10)11-8(2,3)4/h6-7H,1,5H2,2-4H3,(H,9,10). The Hall–Kier alpha value is -0.570. The van der Waals surface area contributed by atoms with E-state index in [0.29, 0.717) is 12.8 Å². The van der Waals surface area contributed by atoms with Crippen molar-refractivity contribution < 1.29 is 9.53 Å². The molecule has 0 aliphatic carbocycles. The summed E-state index contributed by atoms with van der Waals surface area (Å²) in [6.07, 6.45) is 0.893. The molecule has 0 aromatic heterocycles. The van der Waals surface area contributed by atoms with Crippen LogP contribution in [0.2, 0.25) is 0 Å². The van der Waals surface area contributed by atoms with Crippen molar-refractivity contribution in [1.82, 2.24) is 5.32 Å².